The molecular weight excluding hydrogens is 240 g/mol. The van der Waals surface area contributed by atoms with Gasteiger partial charge in [0.05, 0.1) is 5.60 Å². The summed E-state index contributed by atoms with van der Waals surface area (Å²) in [6.07, 6.45) is 0.493. The van der Waals surface area contributed by atoms with E-state index >= 15 is 0 Å². The number of hydrogen-bond donors (Lipinski definition) is 1. The third-order valence-corrected chi connectivity index (χ3v) is 3.75. The van der Waals surface area contributed by atoms with Crippen LogP contribution in [0.25, 0.3) is 0 Å². The van der Waals surface area contributed by atoms with Gasteiger partial charge >= 0.3 is 0 Å². The van der Waals surface area contributed by atoms with Crippen molar-refractivity contribution < 1.29 is 9.53 Å². The van der Waals surface area contributed by atoms with Crippen LogP contribution in [0.1, 0.15) is 31.9 Å². The molecule has 0 saturated heterocycles. The molecule has 1 unspecified atom stereocenters. The van der Waals surface area contributed by atoms with Crippen LogP contribution in [0.4, 0.5) is 5.69 Å². The normalized spacial score (nSPS) is 19.5. The van der Waals surface area contributed by atoms with E-state index in [1.54, 1.807) is 12.0 Å². The predicted octanol–water partition coefficient (Wildman–Crippen LogP) is 2.11. The van der Waals surface area contributed by atoms with E-state index in [4.69, 9.17) is 4.74 Å². The highest BCUT2D eigenvalue weighted by atomic mass is 16.5. The van der Waals surface area contributed by atoms with Crippen LogP contribution in [0.5, 0.6) is 0 Å². The number of carbonyl (C=O) groups is 1. The molecule has 0 saturated carbocycles. The Hall–Kier alpha value is -1.39. The van der Waals surface area contributed by atoms with E-state index in [9.17, 15) is 4.79 Å². The maximum Gasteiger partial charge on any atom is 0.228 e. The number of rotatable bonds is 4. The highest BCUT2D eigenvalue weighted by Crippen LogP contribution is 2.33. The van der Waals surface area contributed by atoms with E-state index in [0.717, 1.165) is 5.69 Å². The molecule has 2 rings (SSSR count). The minimum absolute atomic E-state index is 0.0642. The molecule has 0 aliphatic carbocycles. The minimum atomic E-state index is -0.235. The number of benzene rings is 1. The van der Waals surface area contributed by atoms with Crippen LogP contribution in [0.3, 0.4) is 0 Å². The first-order valence-corrected chi connectivity index (χ1v) is 6.58. The van der Waals surface area contributed by atoms with Crippen molar-refractivity contribution in [3.63, 3.8) is 0 Å². The maximum atomic E-state index is 12.0. The van der Waals surface area contributed by atoms with E-state index in [2.05, 4.69) is 11.4 Å². The van der Waals surface area contributed by atoms with Crippen molar-refractivity contribution in [1.82, 2.24) is 5.32 Å². The molecule has 0 spiro atoms. The minimum Gasteiger partial charge on any atom is -0.377 e. The Kier molecular flexibility index (Phi) is 3.92. The molecule has 1 aliphatic heterocycles. The Bertz CT molecular complexity index is 471. The van der Waals surface area contributed by atoms with Crippen molar-refractivity contribution in [3.05, 3.63) is 29.8 Å². The average Bonchev–Trinajstić information content (AvgIpc) is 2.41. The van der Waals surface area contributed by atoms with E-state index in [1.165, 1.54) is 5.56 Å². The zero-order chi connectivity index (χ0) is 14.0. The summed E-state index contributed by atoms with van der Waals surface area (Å²) in [5.74, 6) is 0.145. The van der Waals surface area contributed by atoms with E-state index in [-0.39, 0.29) is 17.6 Å². The van der Waals surface area contributed by atoms with Crippen LogP contribution in [-0.2, 0) is 9.53 Å². The Labute approximate surface area is 114 Å². The third kappa shape index (κ3) is 2.96. The third-order valence-electron chi connectivity index (χ3n) is 3.75. The summed E-state index contributed by atoms with van der Waals surface area (Å²) >= 11 is 0. The van der Waals surface area contributed by atoms with Crippen LogP contribution in [0, 0.1) is 0 Å². The molecule has 1 aromatic carbocycles. The first-order chi connectivity index (χ1) is 8.94. The lowest BCUT2D eigenvalue weighted by molar-refractivity contribution is -0.119. The first-order valence-electron chi connectivity index (χ1n) is 6.58. The second-order valence-electron chi connectivity index (χ2n) is 5.61. The number of carbonyl (C=O) groups excluding carboxylic acids is 1. The number of nitrogens with one attached hydrogen (secondary N) is 1. The van der Waals surface area contributed by atoms with Gasteiger partial charge < -0.3 is 15.0 Å². The number of anilines is 1. The summed E-state index contributed by atoms with van der Waals surface area (Å²) in [5, 5.41) is 3.45. The summed E-state index contributed by atoms with van der Waals surface area (Å²) in [6, 6.07) is 8.11. The van der Waals surface area contributed by atoms with Crippen molar-refractivity contribution in [2.75, 3.05) is 25.6 Å². The van der Waals surface area contributed by atoms with Gasteiger partial charge in [0.1, 0.15) is 0 Å². The van der Waals surface area contributed by atoms with Crippen molar-refractivity contribution >= 4 is 11.6 Å². The van der Waals surface area contributed by atoms with Gasteiger partial charge in [-0.3, -0.25) is 4.79 Å². The summed E-state index contributed by atoms with van der Waals surface area (Å²) in [6.45, 7) is 4.77. The number of fused-ring (bicyclic) bond motifs is 1. The fourth-order valence-corrected chi connectivity index (χ4v) is 2.27. The van der Waals surface area contributed by atoms with Gasteiger partial charge in [-0.15, -0.1) is 0 Å². The Morgan fingerprint density at radius 3 is 2.79 bits per heavy atom. The molecule has 104 valence electrons. The lowest BCUT2D eigenvalue weighted by Crippen LogP contribution is -2.43. The van der Waals surface area contributed by atoms with Crippen molar-refractivity contribution in [3.8, 4) is 0 Å². The Morgan fingerprint density at radius 1 is 1.42 bits per heavy atom. The average molecular weight is 262 g/mol. The van der Waals surface area contributed by atoms with Gasteiger partial charge in [0, 0.05) is 38.9 Å². The highest BCUT2D eigenvalue weighted by molar-refractivity contribution is 5.96. The van der Waals surface area contributed by atoms with E-state index in [0.29, 0.717) is 13.0 Å². The fraction of sp³-hybridized carbons (Fsp3) is 0.533. The molecule has 19 heavy (non-hydrogen) atoms. The molecule has 4 nitrogen and oxygen atoms in total. The van der Waals surface area contributed by atoms with Crippen LogP contribution in [0.2, 0.25) is 0 Å². The SMILES string of the molecule is COC(C)(C)CNC1CC(=O)N(C)c2ccccc21. The standard InChI is InChI=1S/C15H22N2O2/c1-15(2,19-4)10-16-12-9-14(18)17(3)13-8-6-5-7-11(12)13/h5-8,12,16H,9-10H2,1-4H3. The van der Waals surface area contributed by atoms with Crippen LogP contribution < -0.4 is 10.2 Å². The second kappa shape index (κ2) is 5.31. The molecule has 1 atom stereocenters. The van der Waals surface area contributed by atoms with Gasteiger partial charge in [-0.05, 0) is 25.5 Å². The van der Waals surface area contributed by atoms with Crippen LogP contribution in [0.15, 0.2) is 24.3 Å². The zero-order valence-corrected chi connectivity index (χ0v) is 12.1. The number of ether oxygens (including phenoxy) is 1. The number of para-hydroxylation sites is 1. The van der Waals surface area contributed by atoms with Crippen molar-refractivity contribution in [1.29, 1.82) is 0 Å². The largest absolute Gasteiger partial charge is 0.377 e. The van der Waals surface area contributed by atoms with Gasteiger partial charge in [-0.25, -0.2) is 0 Å². The molecule has 1 aromatic rings. The first kappa shape index (κ1) is 14.0. The quantitative estimate of drug-likeness (QED) is 0.903. The molecule has 0 radical (unpaired) electrons. The molecule has 0 fully saturated rings. The van der Waals surface area contributed by atoms with Crippen LogP contribution >= 0.6 is 0 Å². The monoisotopic (exact) mass is 262 g/mol. The number of methoxy groups -OCH3 is 1. The number of hydrogen-bond acceptors (Lipinski definition) is 3. The van der Waals surface area contributed by atoms with Gasteiger partial charge in [0.2, 0.25) is 5.91 Å². The number of nitrogens with zero attached hydrogens (tertiary/aromatic N) is 1. The Balaban J connectivity index is 2.18. The highest BCUT2D eigenvalue weighted by Gasteiger charge is 2.29. The molecule has 0 bridgehead atoms. The zero-order valence-electron chi connectivity index (χ0n) is 12.1. The maximum absolute atomic E-state index is 12.0. The topological polar surface area (TPSA) is 41.6 Å². The van der Waals surface area contributed by atoms with E-state index in [1.807, 2.05) is 39.1 Å². The second-order valence-corrected chi connectivity index (χ2v) is 5.61. The van der Waals surface area contributed by atoms with Gasteiger partial charge in [0.25, 0.3) is 0 Å². The Morgan fingerprint density at radius 2 is 2.11 bits per heavy atom. The molecule has 1 aliphatic rings. The summed E-state index contributed by atoms with van der Waals surface area (Å²) < 4.78 is 5.41. The lowest BCUT2D eigenvalue weighted by Gasteiger charge is -2.34. The molecule has 0 aromatic heterocycles. The van der Waals surface area contributed by atoms with Crippen LogP contribution in [-0.4, -0.2) is 32.2 Å². The van der Waals surface area contributed by atoms with Gasteiger partial charge in [-0.2, -0.15) is 0 Å². The summed E-state index contributed by atoms with van der Waals surface area (Å²) in [7, 11) is 3.53. The molecule has 1 amide bonds. The lowest BCUT2D eigenvalue weighted by atomic mass is 9.95. The van der Waals surface area contributed by atoms with Crippen molar-refractivity contribution in [2.45, 2.75) is 31.9 Å². The fourth-order valence-electron chi connectivity index (χ4n) is 2.27. The summed E-state index contributed by atoms with van der Waals surface area (Å²) in [4.78, 5) is 13.7. The summed E-state index contributed by atoms with van der Waals surface area (Å²) in [5.41, 5.74) is 1.93. The van der Waals surface area contributed by atoms with Gasteiger partial charge in [0.15, 0.2) is 0 Å². The smallest absolute Gasteiger partial charge is 0.228 e. The number of amides is 1. The van der Waals surface area contributed by atoms with Gasteiger partial charge in [-0.1, -0.05) is 18.2 Å². The molecule has 1 N–H and O–H groups in total. The van der Waals surface area contributed by atoms with E-state index < -0.39 is 0 Å². The predicted molar refractivity (Wildman–Crippen MR) is 76.3 cm³/mol. The molecular formula is C15H22N2O2. The van der Waals surface area contributed by atoms with Crippen molar-refractivity contribution in [2.24, 2.45) is 0 Å². The molecule has 4 heteroatoms. The molecule has 1 heterocycles.